The van der Waals surface area contributed by atoms with E-state index in [0.717, 1.165) is 0 Å². The minimum absolute atomic E-state index is 0.113. The first-order valence-electron chi connectivity index (χ1n) is 5.87. The molecule has 0 fully saturated rings. The molecule has 18 heavy (non-hydrogen) atoms. The first kappa shape index (κ1) is 14.9. The van der Waals surface area contributed by atoms with E-state index < -0.39 is 10.0 Å². The van der Waals surface area contributed by atoms with Gasteiger partial charge in [-0.3, -0.25) is 0 Å². The van der Waals surface area contributed by atoms with Crippen LogP contribution in [0, 0.1) is 0 Å². The Bertz CT molecular complexity index is 474. The summed E-state index contributed by atoms with van der Waals surface area (Å²) in [5, 5.41) is 0. The Morgan fingerprint density at radius 3 is 2.67 bits per heavy atom. The van der Waals surface area contributed by atoms with Gasteiger partial charge in [-0.25, -0.2) is 13.1 Å². The minimum atomic E-state index is -3.38. The molecular formula is C12H20N2O3S. The Labute approximate surface area is 108 Å². The van der Waals surface area contributed by atoms with Crippen molar-refractivity contribution in [3.05, 3.63) is 29.8 Å². The molecule has 1 atom stereocenters. The van der Waals surface area contributed by atoms with Crippen LogP contribution in [-0.4, -0.2) is 27.7 Å². The van der Waals surface area contributed by atoms with Gasteiger partial charge in [0.25, 0.3) is 0 Å². The summed E-state index contributed by atoms with van der Waals surface area (Å²) < 4.78 is 31.4. The van der Waals surface area contributed by atoms with Crippen LogP contribution in [-0.2, 0) is 20.5 Å². The van der Waals surface area contributed by atoms with Gasteiger partial charge in [-0.2, -0.15) is 0 Å². The highest BCUT2D eigenvalue weighted by Crippen LogP contribution is 2.13. The topological polar surface area (TPSA) is 81.4 Å². The summed E-state index contributed by atoms with van der Waals surface area (Å²) in [7, 11) is -3.38. The zero-order chi connectivity index (χ0) is 13.6. The molecule has 102 valence electrons. The zero-order valence-corrected chi connectivity index (χ0v) is 11.5. The molecule has 0 heterocycles. The maximum absolute atomic E-state index is 11.8. The van der Waals surface area contributed by atoms with Crippen LogP contribution in [0.4, 0.5) is 5.69 Å². The van der Waals surface area contributed by atoms with E-state index >= 15 is 0 Å². The summed E-state index contributed by atoms with van der Waals surface area (Å²) in [5.74, 6) is -0.113. The number of hydrogen-bond acceptors (Lipinski definition) is 4. The summed E-state index contributed by atoms with van der Waals surface area (Å²) in [5.41, 5.74) is 6.81. The predicted molar refractivity (Wildman–Crippen MR) is 72.6 cm³/mol. The highest BCUT2D eigenvalue weighted by atomic mass is 32.2. The van der Waals surface area contributed by atoms with E-state index in [4.69, 9.17) is 10.5 Å². The van der Waals surface area contributed by atoms with Gasteiger partial charge in [0.1, 0.15) is 0 Å². The quantitative estimate of drug-likeness (QED) is 0.729. The number of anilines is 1. The van der Waals surface area contributed by atoms with Crippen LogP contribution < -0.4 is 10.5 Å². The lowest BCUT2D eigenvalue weighted by atomic mass is 10.2. The van der Waals surface area contributed by atoms with Crippen molar-refractivity contribution >= 4 is 15.7 Å². The summed E-state index contributed by atoms with van der Waals surface area (Å²) in [4.78, 5) is 0. The molecule has 1 rings (SSSR count). The second kappa shape index (κ2) is 6.72. The van der Waals surface area contributed by atoms with Crippen molar-refractivity contribution < 1.29 is 13.2 Å². The molecule has 0 aromatic heterocycles. The Hall–Kier alpha value is -1.11. The van der Waals surface area contributed by atoms with E-state index in [1.807, 2.05) is 13.8 Å². The zero-order valence-electron chi connectivity index (χ0n) is 10.7. The second-order valence-corrected chi connectivity index (χ2v) is 5.88. The van der Waals surface area contributed by atoms with Crippen molar-refractivity contribution in [2.24, 2.45) is 0 Å². The fourth-order valence-corrected chi connectivity index (χ4v) is 2.77. The average molecular weight is 272 g/mol. The third-order valence-electron chi connectivity index (χ3n) is 2.44. The molecule has 1 aromatic rings. The lowest BCUT2D eigenvalue weighted by molar-refractivity contribution is 0.0799. The van der Waals surface area contributed by atoms with Gasteiger partial charge in [0.05, 0.1) is 11.9 Å². The maximum Gasteiger partial charge on any atom is 0.215 e. The summed E-state index contributed by atoms with van der Waals surface area (Å²) in [6.45, 7) is 4.52. The number of sulfonamides is 1. The van der Waals surface area contributed by atoms with E-state index in [2.05, 4.69) is 4.72 Å². The predicted octanol–water partition coefficient (Wildman–Crippen LogP) is 1.11. The van der Waals surface area contributed by atoms with Crippen LogP contribution in [0.25, 0.3) is 0 Å². The van der Waals surface area contributed by atoms with Gasteiger partial charge in [0, 0.05) is 18.8 Å². The molecule has 1 unspecified atom stereocenters. The van der Waals surface area contributed by atoms with Crippen molar-refractivity contribution in [2.75, 3.05) is 18.9 Å². The standard InChI is InChI=1S/C12H20N2O3S/c1-3-17-10(2)8-14-18(15,16)9-11-6-4-5-7-12(11)13/h4-7,10,14H,3,8-9,13H2,1-2H3. The van der Waals surface area contributed by atoms with Gasteiger partial charge in [0.15, 0.2) is 0 Å². The Balaban J connectivity index is 2.58. The molecule has 0 bridgehead atoms. The van der Waals surface area contributed by atoms with Gasteiger partial charge in [0.2, 0.25) is 10.0 Å². The number of hydrogen-bond donors (Lipinski definition) is 2. The third kappa shape index (κ3) is 5.03. The lowest BCUT2D eigenvalue weighted by Gasteiger charge is -2.13. The molecule has 5 nitrogen and oxygen atoms in total. The van der Waals surface area contributed by atoms with E-state index in [9.17, 15) is 8.42 Å². The van der Waals surface area contributed by atoms with E-state index in [1.165, 1.54) is 0 Å². The maximum atomic E-state index is 11.8. The molecule has 0 radical (unpaired) electrons. The van der Waals surface area contributed by atoms with Gasteiger partial charge < -0.3 is 10.5 Å². The van der Waals surface area contributed by atoms with Gasteiger partial charge in [-0.15, -0.1) is 0 Å². The van der Waals surface area contributed by atoms with Crippen LogP contribution in [0.15, 0.2) is 24.3 Å². The van der Waals surface area contributed by atoms with Crippen molar-refractivity contribution in [3.8, 4) is 0 Å². The van der Waals surface area contributed by atoms with Crippen molar-refractivity contribution in [3.63, 3.8) is 0 Å². The molecule has 0 spiro atoms. The van der Waals surface area contributed by atoms with Crippen molar-refractivity contribution in [1.29, 1.82) is 0 Å². The summed E-state index contributed by atoms with van der Waals surface area (Å²) in [6.07, 6.45) is -0.141. The number of ether oxygens (including phenoxy) is 1. The smallest absolute Gasteiger partial charge is 0.215 e. The number of para-hydroxylation sites is 1. The van der Waals surface area contributed by atoms with E-state index in [1.54, 1.807) is 24.3 Å². The number of nitrogens with two attached hydrogens (primary N) is 1. The fraction of sp³-hybridized carbons (Fsp3) is 0.500. The number of nitrogens with one attached hydrogen (secondary N) is 1. The summed E-state index contributed by atoms with van der Waals surface area (Å²) in [6, 6.07) is 6.94. The molecule has 1 aromatic carbocycles. The molecule has 0 amide bonds. The van der Waals surface area contributed by atoms with Gasteiger partial charge in [-0.1, -0.05) is 18.2 Å². The molecular weight excluding hydrogens is 252 g/mol. The second-order valence-electron chi connectivity index (χ2n) is 4.07. The molecule has 3 N–H and O–H groups in total. The first-order valence-corrected chi connectivity index (χ1v) is 7.52. The third-order valence-corrected chi connectivity index (χ3v) is 3.74. The Kier molecular flexibility index (Phi) is 5.58. The number of nitrogen functional groups attached to an aromatic ring is 1. The monoisotopic (exact) mass is 272 g/mol. The summed E-state index contributed by atoms with van der Waals surface area (Å²) >= 11 is 0. The van der Waals surface area contributed by atoms with Gasteiger partial charge >= 0.3 is 0 Å². The Morgan fingerprint density at radius 2 is 2.06 bits per heavy atom. The van der Waals surface area contributed by atoms with Crippen molar-refractivity contribution in [2.45, 2.75) is 25.7 Å². The number of benzene rings is 1. The SMILES string of the molecule is CCOC(C)CNS(=O)(=O)Cc1ccccc1N. The van der Waals surface area contributed by atoms with Crippen LogP contribution in [0.1, 0.15) is 19.4 Å². The normalized spacial score (nSPS) is 13.4. The molecule has 0 aliphatic carbocycles. The van der Waals surface area contributed by atoms with E-state index in [-0.39, 0.29) is 18.4 Å². The Morgan fingerprint density at radius 1 is 1.39 bits per heavy atom. The average Bonchev–Trinajstić information content (AvgIpc) is 2.30. The first-order chi connectivity index (χ1) is 8.44. The van der Waals surface area contributed by atoms with Crippen LogP contribution in [0.5, 0.6) is 0 Å². The van der Waals surface area contributed by atoms with Crippen molar-refractivity contribution in [1.82, 2.24) is 4.72 Å². The highest BCUT2D eigenvalue weighted by molar-refractivity contribution is 7.88. The number of rotatable bonds is 7. The molecule has 0 aliphatic rings. The van der Waals surface area contributed by atoms with Gasteiger partial charge in [-0.05, 0) is 25.5 Å². The molecule has 0 aliphatic heterocycles. The molecule has 6 heteroatoms. The lowest BCUT2D eigenvalue weighted by Crippen LogP contribution is -2.33. The van der Waals surface area contributed by atoms with E-state index in [0.29, 0.717) is 17.9 Å². The molecule has 0 saturated heterocycles. The highest BCUT2D eigenvalue weighted by Gasteiger charge is 2.14. The van der Waals surface area contributed by atoms with Crippen LogP contribution >= 0.6 is 0 Å². The fourth-order valence-electron chi connectivity index (χ4n) is 1.51. The van der Waals surface area contributed by atoms with Crippen LogP contribution in [0.3, 0.4) is 0 Å². The minimum Gasteiger partial charge on any atom is -0.398 e. The van der Waals surface area contributed by atoms with Crippen LogP contribution in [0.2, 0.25) is 0 Å². The largest absolute Gasteiger partial charge is 0.398 e. The molecule has 0 saturated carbocycles.